The van der Waals surface area contributed by atoms with Crippen LogP contribution in [0.1, 0.15) is 18.2 Å². The van der Waals surface area contributed by atoms with Gasteiger partial charge in [-0.05, 0) is 13.8 Å². The van der Waals surface area contributed by atoms with Crippen molar-refractivity contribution in [1.29, 1.82) is 0 Å². The second-order valence-corrected chi connectivity index (χ2v) is 4.71. The molecule has 2 aromatic rings. The molecule has 6 nitrogen and oxygen atoms in total. The first-order chi connectivity index (χ1) is 9.51. The van der Waals surface area contributed by atoms with E-state index >= 15 is 0 Å². The van der Waals surface area contributed by atoms with Crippen LogP contribution < -0.4 is 10.2 Å². The first-order valence-electron chi connectivity index (χ1n) is 6.48. The lowest BCUT2D eigenvalue weighted by Crippen LogP contribution is -2.15. The van der Waals surface area contributed by atoms with Gasteiger partial charge in [-0.3, -0.25) is 4.68 Å². The lowest BCUT2D eigenvalue weighted by atomic mass is 10.3. The summed E-state index contributed by atoms with van der Waals surface area (Å²) in [5.74, 6) is 0.234. The van der Waals surface area contributed by atoms with Crippen LogP contribution in [0.2, 0.25) is 0 Å². The highest BCUT2D eigenvalue weighted by Gasteiger charge is 2.09. The van der Waals surface area contributed by atoms with Crippen molar-refractivity contribution in [1.82, 2.24) is 19.7 Å². The highest BCUT2D eigenvalue weighted by molar-refractivity contribution is 5.42. The number of aryl methyl sites for hydroxylation is 2. The fraction of sp³-hybridized carbons (Fsp3) is 0.462. The maximum absolute atomic E-state index is 13.5. The zero-order valence-corrected chi connectivity index (χ0v) is 12.2. The maximum Gasteiger partial charge on any atom is 0.225 e. The minimum Gasteiger partial charge on any atom is -0.360 e. The zero-order chi connectivity index (χ0) is 14.7. The molecule has 0 saturated carbocycles. The number of nitrogens with one attached hydrogen (secondary N) is 1. The summed E-state index contributed by atoms with van der Waals surface area (Å²) in [5.41, 5.74) is 2.04. The molecule has 0 radical (unpaired) electrons. The molecule has 0 aliphatic heterocycles. The molecule has 2 heterocycles. The number of hydrogen-bond donors (Lipinski definition) is 1. The monoisotopic (exact) mass is 278 g/mol. The van der Waals surface area contributed by atoms with Gasteiger partial charge in [-0.15, -0.1) is 0 Å². The Morgan fingerprint density at radius 1 is 1.40 bits per heavy atom. The van der Waals surface area contributed by atoms with Crippen LogP contribution in [0.15, 0.2) is 12.4 Å². The van der Waals surface area contributed by atoms with Crippen LogP contribution in [-0.2, 0) is 13.1 Å². The minimum absolute atomic E-state index is 0.267. The quantitative estimate of drug-likeness (QED) is 0.904. The van der Waals surface area contributed by atoms with E-state index < -0.39 is 5.82 Å². The molecule has 0 atom stereocenters. The van der Waals surface area contributed by atoms with Crippen molar-refractivity contribution in [3.05, 3.63) is 29.5 Å². The summed E-state index contributed by atoms with van der Waals surface area (Å²) in [6.07, 6.45) is 3.16. The molecule has 0 spiro atoms. The van der Waals surface area contributed by atoms with E-state index in [1.165, 1.54) is 6.20 Å². The first-order valence-corrected chi connectivity index (χ1v) is 6.48. The molecule has 2 aromatic heterocycles. The van der Waals surface area contributed by atoms with Crippen LogP contribution in [0.4, 0.5) is 16.2 Å². The van der Waals surface area contributed by atoms with E-state index in [4.69, 9.17) is 0 Å². The summed E-state index contributed by atoms with van der Waals surface area (Å²) in [5, 5.41) is 7.46. The van der Waals surface area contributed by atoms with Crippen LogP contribution in [0.25, 0.3) is 0 Å². The lowest BCUT2D eigenvalue weighted by Gasteiger charge is -2.13. The SMILES string of the molecule is CCn1cc(CNc2ncc(F)c(N(C)C)n2)c(C)n1. The fourth-order valence-electron chi connectivity index (χ4n) is 1.83. The predicted octanol–water partition coefficient (Wildman–Crippen LogP) is 1.82. The van der Waals surface area contributed by atoms with Crippen molar-refractivity contribution in [2.24, 2.45) is 0 Å². The van der Waals surface area contributed by atoms with Crippen LogP contribution in [-0.4, -0.2) is 33.8 Å². The van der Waals surface area contributed by atoms with Crippen LogP contribution in [0.3, 0.4) is 0 Å². The second kappa shape index (κ2) is 5.85. The molecule has 20 heavy (non-hydrogen) atoms. The molecule has 0 saturated heterocycles. The second-order valence-electron chi connectivity index (χ2n) is 4.71. The largest absolute Gasteiger partial charge is 0.360 e. The molecule has 0 aromatic carbocycles. The van der Waals surface area contributed by atoms with Crippen molar-refractivity contribution in [3.63, 3.8) is 0 Å². The van der Waals surface area contributed by atoms with Gasteiger partial charge in [0.1, 0.15) is 0 Å². The van der Waals surface area contributed by atoms with E-state index in [9.17, 15) is 4.39 Å². The Kier molecular flexibility index (Phi) is 4.16. The Morgan fingerprint density at radius 3 is 2.75 bits per heavy atom. The van der Waals surface area contributed by atoms with E-state index in [0.29, 0.717) is 12.5 Å². The molecule has 0 aliphatic carbocycles. The molecule has 108 valence electrons. The normalized spacial score (nSPS) is 10.7. The van der Waals surface area contributed by atoms with Gasteiger partial charge in [0.2, 0.25) is 5.95 Å². The predicted molar refractivity (Wildman–Crippen MR) is 76.3 cm³/mol. The Hall–Kier alpha value is -2.18. The summed E-state index contributed by atoms with van der Waals surface area (Å²) in [4.78, 5) is 9.70. The van der Waals surface area contributed by atoms with Crippen LogP contribution in [0.5, 0.6) is 0 Å². The topological polar surface area (TPSA) is 58.9 Å². The van der Waals surface area contributed by atoms with E-state index in [0.717, 1.165) is 17.8 Å². The third-order valence-corrected chi connectivity index (χ3v) is 2.96. The van der Waals surface area contributed by atoms with Crippen molar-refractivity contribution in [2.45, 2.75) is 26.9 Å². The van der Waals surface area contributed by atoms with Crippen LogP contribution >= 0.6 is 0 Å². The zero-order valence-electron chi connectivity index (χ0n) is 12.2. The van der Waals surface area contributed by atoms with Gasteiger partial charge in [0, 0.05) is 38.9 Å². The van der Waals surface area contributed by atoms with Gasteiger partial charge in [0.15, 0.2) is 11.6 Å². The number of nitrogens with zero attached hydrogens (tertiary/aromatic N) is 5. The van der Waals surface area contributed by atoms with Gasteiger partial charge >= 0.3 is 0 Å². The Balaban J connectivity index is 2.10. The van der Waals surface area contributed by atoms with Crippen molar-refractivity contribution in [2.75, 3.05) is 24.3 Å². The molecule has 7 heteroatoms. The van der Waals surface area contributed by atoms with E-state index in [1.807, 2.05) is 24.7 Å². The third kappa shape index (κ3) is 3.04. The number of hydrogen-bond acceptors (Lipinski definition) is 5. The highest BCUT2D eigenvalue weighted by atomic mass is 19.1. The van der Waals surface area contributed by atoms with Gasteiger partial charge < -0.3 is 10.2 Å². The average molecular weight is 278 g/mol. The smallest absolute Gasteiger partial charge is 0.225 e. The van der Waals surface area contributed by atoms with Gasteiger partial charge in [0.25, 0.3) is 0 Å². The third-order valence-electron chi connectivity index (χ3n) is 2.96. The number of aromatic nitrogens is 4. The van der Waals surface area contributed by atoms with Crippen molar-refractivity contribution >= 4 is 11.8 Å². The molecule has 0 amide bonds. The summed E-state index contributed by atoms with van der Waals surface area (Å²) >= 11 is 0. The van der Waals surface area contributed by atoms with Gasteiger partial charge in [-0.1, -0.05) is 0 Å². The standard InChI is InChI=1S/C13H19FN6/c1-5-20-8-10(9(2)18-20)6-15-13-16-7-11(14)12(17-13)19(3)4/h7-8H,5-6H2,1-4H3,(H,15,16,17). The Bertz CT molecular complexity index is 593. The van der Waals surface area contributed by atoms with Gasteiger partial charge in [-0.2, -0.15) is 10.1 Å². The Morgan fingerprint density at radius 2 is 2.15 bits per heavy atom. The van der Waals surface area contributed by atoms with E-state index in [2.05, 4.69) is 20.4 Å². The molecule has 1 N–H and O–H groups in total. The molecule has 0 fully saturated rings. The number of halogens is 1. The Labute approximate surface area is 117 Å². The maximum atomic E-state index is 13.5. The van der Waals surface area contributed by atoms with Gasteiger partial charge in [-0.25, -0.2) is 9.37 Å². The summed E-state index contributed by atoms with van der Waals surface area (Å²) in [7, 11) is 3.48. The molecular weight excluding hydrogens is 259 g/mol. The van der Waals surface area contributed by atoms with Crippen molar-refractivity contribution < 1.29 is 4.39 Å². The molecule has 0 aliphatic rings. The number of rotatable bonds is 5. The minimum atomic E-state index is -0.435. The summed E-state index contributed by atoms with van der Waals surface area (Å²) < 4.78 is 15.4. The summed E-state index contributed by atoms with van der Waals surface area (Å²) in [6.45, 7) is 5.39. The molecular formula is C13H19FN6. The molecule has 0 unspecified atom stereocenters. The first kappa shape index (κ1) is 14.2. The average Bonchev–Trinajstić information content (AvgIpc) is 2.78. The fourth-order valence-corrected chi connectivity index (χ4v) is 1.83. The lowest BCUT2D eigenvalue weighted by molar-refractivity contribution is 0.612. The molecule has 0 bridgehead atoms. The number of anilines is 2. The van der Waals surface area contributed by atoms with Crippen LogP contribution in [0, 0.1) is 12.7 Å². The highest BCUT2D eigenvalue weighted by Crippen LogP contribution is 2.15. The van der Waals surface area contributed by atoms with Crippen molar-refractivity contribution in [3.8, 4) is 0 Å². The van der Waals surface area contributed by atoms with E-state index in [-0.39, 0.29) is 5.82 Å². The van der Waals surface area contributed by atoms with Gasteiger partial charge in [0.05, 0.1) is 11.9 Å². The summed E-state index contributed by atoms with van der Waals surface area (Å²) in [6, 6.07) is 0. The van der Waals surface area contributed by atoms with E-state index in [1.54, 1.807) is 19.0 Å². The molecule has 2 rings (SSSR count).